The van der Waals surface area contributed by atoms with Crippen LogP contribution in [-0.2, 0) is 4.79 Å². The fourth-order valence-electron chi connectivity index (χ4n) is 1.66. The highest BCUT2D eigenvalue weighted by Gasteiger charge is 2.15. The van der Waals surface area contributed by atoms with Gasteiger partial charge in [-0.3, -0.25) is 9.78 Å². The summed E-state index contributed by atoms with van der Waals surface area (Å²) in [5.41, 5.74) is 4.36. The van der Waals surface area contributed by atoms with Crippen LogP contribution < -0.4 is 10.2 Å². The second kappa shape index (κ2) is 7.70. The van der Waals surface area contributed by atoms with Crippen LogP contribution in [0.2, 0.25) is 0 Å². The highest BCUT2D eigenvalue weighted by atomic mass is 79.9. The van der Waals surface area contributed by atoms with Gasteiger partial charge in [0.2, 0.25) is 0 Å². The van der Waals surface area contributed by atoms with Crippen LogP contribution >= 0.6 is 15.9 Å². The number of aromatic nitrogens is 1. The number of amides is 1. The van der Waals surface area contributed by atoms with E-state index in [-0.39, 0.29) is 5.91 Å². The number of benzene rings is 1. The topological polar surface area (TPSA) is 63.6 Å². The zero-order chi connectivity index (χ0) is 15.9. The third kappa shape index (κ3) is 4.66. The maximum Gasteiger partial charge on any atom is 0.280 e. The van der Waals surface area contributed by atoms with E-state index in [1.807, 2.05) is 31.2 Å². The van der Waals surface area contributed by atoms with E-state index in [1.54, 1.807) is 25.4 Å². The van der Waals surface area contributed by atoms with E-state index in [0.717, 1.165) is 15.6 Å². The van der Waals surface area contributed by atoms with Crippen molar-refractivity contribution in [2.24, 2.45) is 5.10 Å². The number of halogens is 1. The van der Waals surface area contributed by atoms with Gasteiger partial charge < -0.3 is 4.74 Å². The van der Waals surface area contributed by atoms with Gasteiger partial charge >= 0.3 is 0 Å². The summed E-state index contributed by atoms with van der Waals surface area (Å²) in [4.78, 5) is 15.9. The number of carbonyl (C=O) groups is 1. The molecule has 0 radical (unpaired) electrons. The molecule has 0 fully saturated rings. The maximum absolute atomic E-state index is 11.9. The lowest BCUT2D eigenvalue weighted by atomic mass is 10.2. The number of pyridine rings is 1. The number of hydrogen-bond donors (Lipinski definition) is 1. The predicted molar refractivity (Wildman–Crippen MR) is 88.9 cm³/mol. The average molecular weight is 362 g/mol. The second-order valence-corrected chi connectivity index (χ2v) is 5.57. The lowest BCUT2D eigenvalue weighted by Gasteiger charge is -2.14. The molecule has 0 bridgehead atoms. The fraction of sp³-hybridized carbons (Fsp3) is 0.188. The van der Waals surface area contributed by atoms with Crippen molar-refractivity contribution in [3.63, 3.8) is 0 Å². The summed E-state index contributed by atoms with van der Waals surface area (Å²) in [5.74, 6) is 0.289. The molecule has 1 N–H and O–H groups in total. The molecule has 6 heteroatoms. The van der Waals surface area contributed by atoms with E-state index in [1.165, 1.54) is 6.21 Å². The van der Waals surface area contributed by atoms with Crippen LogP contribution in [0.25, 0.3) is 0 Å². The van der Waals surface area contributed by atoms with Crippen molar-refractivity contribution in [1.82, 2.24) is 10.4 Å². The Bertz CT molecular complexity index is 674. The van der Waals surface area contributed by atoms with Gasteiger partial charge in [-0.05, 0) is 53.5 Å². The van der Waals surface area contributed by atoms with E-state index in [2.05, 4.69) is 31.4 Å². The molecule has 2 aromatic rings. The lowest BCUT2D eigenvalue weighted by Crippen LogP contribution is -2.33. The standard InChI is InChI=1S/C16H16BrN3O2/c1-11-5-6-15(14(17)8-11)22-12(2)16(21)20-19-10-13-4-3-7-18-9-13/h3-10,12H,1-2H3,(H,20,21). The Balaban J connectivity index is 1.91. The Labute approximate surface area is 137 Å². The SMILES string of the molecule is Cc1ccc(OC(C)C(=O)NN=Cc2cccnc2)c(Br)c1. The quantitative estimate of drug-likeness (QED) is 0.657. The molecule has 1 unspecified atom stereocenters. The lowest BCUT2D eigenvalue weighted by molar-refractivity contribution is -0.127. The van der Waals surface area contributed by atoms with E-state index in [9.17, 15) is 4.79 Å². The Kier molecular flexibility index (Phi) is 5.66. The molecule has 2 rings (SSSR count). The first-order valence-corrected chi connectivity index (χ1v) is 7.51. The van der Waals surface area contributed by atoms with Crippen molar-refractivity contribution in [1.29, 1.82) is 0 Å². The molecular formula is C16H16BrN3O2. The minimum Gasteiger partial charge on any atom is -0.480 e. The Morgan fingerprint density at radius 3 is 2.95 bits per heavy atom. The van der Waals surface area contributed by atoms with Crippen LogP contribution in [0.15, 0.2) is 52.3 Å². The van der Waals surface area contributed by atoms with Gasteiger partial charge in [-0.1, -0.05) is 12.1 Å². The van der Waals surface area contributed by atoms with Crippen molar-refractivity contribution in [2.75, 3.05) is 0 Å². The largest absolute Gasteiger partial charge is 0.480 e. The van der Waals surface area contributed by atoms with Crippen LogP contribution in [0.4, 0.5) is 0 Å². The zero-order valence-corrected chi connectivity index (χ0v) is 13.9. The summed E-state index contributed by atoms with van der Waals surface area (Å²) in [6.45, 7) is 3.65. The van der Waals surface area contributed by atoms with Crippen LogP contribution in [0.5, 0.6) is 5.75 Å². The van der Waals surface area contributed by atoms with E-state index in [4.69, 9.17) is 4.74 Å². The van der Waals surface area contributed by atoms with Gasteiger partial charge in [0.1, 0.15) is 5.75 Å². The molecule has 5 nitrogen and oxygen atoms in total. The van der Waals surface area contributed by atoms with Crippen LogP contribution in [0.3, 0.4) is 0 Å². The van der Waals surface area contributed by atoms with Crippen molar-refractivity contribution in [3.05, 3.63) is 58.3 Å². The van der Waals surface area contributed by atoms with E-state index < -0.39 is 6.10 Å². The fourth-order valence-corrected chi connectivity index (χ4v) is 2.25. The highest BCUT2D eigenvalue weighted by molar-refractivity contribution is 9.10. The van der Waals surface area contributed by atoms with Crippen molar-refractivity contribution < 1.29 is 9.53 Å². The number of ether oxygens (including phenoxy) is 1. The molecule has 0 saturated carbocycles. The summed E-state index contributed by atoms with van der Waals surface area (Å²) in [5, 5.41) is 3.88. The van der Waals surface area contributed by atoms with Crippen molar-refractivity contribution in [2.45, 2.75) is 20.0 Å². The van der Waals surface area contributed by atoms with Gasteiger partial charge in [0.25, 0.3) is 5.91 Å². The van der Waals surface area contributed by atoms with Crippen LogP contribution in [0.1, 0.15) is 18.1 Å². The maximum atomic E-state index is 11.9. The third-order valence-electron chi connectivity index (χ3n) is 2.83. The molecular weight excluding hydrogens is 346 g/mol. The molecule has 0 spiro atoms. The number of nitrogens with one attached hydrogen (secondary N) is 1. The first kappa shape index (κ1) is 16.2. The second-order valence-electron chi connectivity index (χ2n) is 4.71. The highest BCUT2D eigenvalue weighted by Crippen LogP contribution is 2.26. The Morgan fingerprint density at radius 1 is 1.45 bits per heavy atom. The summed E-state index contributed by atoms with van der Waals surface area (Å²) in [7, 11) is 0. The summed E-state index contributed by atoms with van der Waals surface area (Å²) < 4.78 is 6.43. The van der Waals surface area contributed by atoms with Gasteiger partial charge in [0.15, 0.2) is 6.10 Å². The zero-order valence-electron chi connectivity index (χ0n) is 12.3. The van der Waals surface area contributed by atoms with Gasteiger partial charge in [-0.25, -0.2) is 5.43 Å². The molecule has 114 valence electrons. The van der Waals surface area contributed by atoms with Crippen molar-refractivity contribution >= 4 is 28.1 Å². The summed E-state index contributed by atoms with van der Waals surface area (Å²) >= 11 is 3.41. The minimum absolute atomic E-state index is 0.326. The first-order valence-electron chi connectivity index (χ1n) is 6.72. The normalized spacial score (nSPS) is 12.1. The first-order chi connectivity index (χ1) is 10.6. The smallest absolute Gasteiger partial charge is 0.280 e. The molecule has 22 heavy (non-hydrogen) atoms. The van der Waals surface area contributed by atoms with Gasteiger partial charge in [-0.15, -0.1) is 0 Å². The number of aryl methyl sites for hydroxylation is 1. The van der Waals surface area contributed by atoms with Crippen LogP contribution in [-0.4, -0.2) is 23.2 Å². The summed E-state index contributed by atoms with van der Waals surface area (Å²) in [6.07, 6.45) is 4.19. The van der Waals surface area contributed by atoms with E-state index in [0.29, 0.717) is 5.75 Å². The number of hydrazone groups is 1. The minimum atomic E-state index is -0.662. The molecule has 1 aromatic carbocycles. The molecule has 0 saturated heterocycles. The number of hydrogen-bond acceptors (Lipinski definition) is 4. The molecule has 0 aliphatic heterocycles. The number of nitrogens with zero attached hydrogens (tertiary/aromatic N) is 2. The monoisotopic (exact) mass is 361 g/mol. The number of rotatable bonds is 5. The van der Waals surface area contributed by atoms with Crippen LogP contribution in [0, 0.1) is 6.92 Å². The Morgan fingerprint density at radius 2 is 2.27 bits per heavy atom. The molecule has 0 aliphatic carbocycles. The number of carbonyl (C=O) groups excluding carboxylic acids is 1. The Hall–Kier alpha value is -2.21. The van der Waals surface area contributed by atoms with Crippen molar-refractivity contribution in [3.8, 4) is 5.75 Å². The van der Waals surface area contributed by atoms with Gasteiger partial charge in [0.05, 0.1) is 10.7 Å². The third-order valence-corrected chi connectivity index (χ3v) is 3.45. The van der Waals surface area contributed by atoms with Gasteiger partial charge in [0, 0.05) is 18.0 Å². The molecule has 1 heterocycles. The molecule has 1 atom stereocenters. The molecule has 0 aliphatic rings. The van der Waals surface area contributed by atoms with E-state index >= 15 is 0 Å². The van der Waals surface area contributed by atoms with Gasteiger partial charge in [-0.2, -0.15) is 5.10 Å². The molecule has 1 aromatic heterocycles. The molecule has 1 amide bonds. The summed E-state index contributed by atoms with van der Waals surface area (Å²) in [6, 6.07) is 9.31. The average Bonchev–Trinajstić information content (AvgIpc) is 2.51. The predicted octanol–water partition coefficient (Wildman–Crippen LogP) is 3.07.